The van der Waals surface area contributed by atoms with Gasteiger partial charge in [-0.3, -0.25) is 0 Å². The van der Waals surface area contributed by atoms with Crippen LogP contribution in [0.15, 0.2) is 0 Å². The van der Waals surface area contributed by atoms with Crippen molar-refractivity contribution in [3.05, 3.63) is 0 Å². The number of hydrogen-bond donors (Lipinski definition) is 1. The van der Waals surface area contributed by atoms with Gasteiger partial charge in [0.1, 0.15) is 0 Å². The van der Waals surface area contributed by atoms with Crippen molar-refractivity contribution < 1.29 is 5.11 Å². The van der Waals surface area contributed by atoms with E-state index in [2.05, 4.69) is 43.4 Å². The molecular formula is C23H39IO. The van der Waals surface area contributed by atoms with Crippen LogP contribution < -0.4 is 0 Å². The molecule has 0 aliphatic heterocycles. The van der Waals surface area contributed by atoms with E-state index in [1.165, 1.54) is 55.8 Å². The predicted octanol–water partition coefficient (Wildman–Crippen LogP) is 6.47. The first kappa shape index (κ1) is 19.0. The summed E-state index contributed by atoms with van der Waals surface area (Å²) in [5, 5.41) is 10.2. The second-order valence-electron chi connectivity index (χ2n) is 10.8. The van der Waals surface area contributed by atoms with Crippen LogP contribution in [-0.4, -0.2) is 15.6 Å². The maximum atomic E-state index is 10.2. The number of fused-ring (bicyclic) bond motifs is 5. The topological polar surface area (TPSA) is 20.2 Å². The van der Waals surface area contributed by atoms with Crippen LogP contribution in [0.1, 0.15) is 85.0 Å². The highest BCUT2D eigenvalue weighted by Gasteiger charge is 2.59. The fraction of sp³-hybridized carbons (Fsp3) is 1.00. The molecule has 25 heavy (non-hydrogen) atoms. The van der Waals surface area contributed by atoms with Gasteiger partial charge in [0, 0.05) is 4.43 Å². The molecule has 144 valence electrons. The van der Waals surface area contributed by atoms with Crippen molar-refractivity contribution in [2.75, 3.05) is 4.43 Å². The molecule has 0 bridgehead atoms. The summed E-state index contributed by atoms with van der Waals surface area (Å²) in [5.41, 5.74) is 1.15. The van der Waals surface area contributed by atoms with E-state index in [1.54, 1.807) is 0 Å². The van der Waals surface area contributed by atoms with Gasteiger partial charge in [0.2, 0.25) is 0 Å². The molecule has 4 aliphatic rings. The third kappa shape index (κ3) is 2.95. The Morgan fingerprint density at radius 3 is 2.44 bits per heavy atom. The number of rotatable bonds is 2. The van der Waals surface area contributed by atoms with E-state index in [-0.39, 0.29) is 6.10 Å². The van der Waals surface area contributed by atoms with Crippen molar-refractivity contribution in [3.8, 4) is 0 Å². The minimum absolute atomic E-state index is 0.00736. The molecule has 4 rings (SSSR count). The summed E-state index contributed by atoms with van der Waals surface area (Å²) in [6.07, 6.45) is 13.7. The highest BCUT2D eigenvalue weighted by atomic mass is 127. The Bertz CT molecular complexity index is 492. The number of aliphatic hydroxyl groups is 1. The lowest BCUT2D eigenvalue weighted by atomic mass is 9.41. The molecule has 0 amide bonds. The van der Waals surface area contributed by atoms with E-state index in [1.807, 2.05) is 0 Å². The minimum Gasteiger partial charge on any atom is -0.393 e. The quantitative estimate of drug-likeness (QED) is 0.372. The summed E-state index contributed by atoms with van der Waals surface area (Å²) in [4.78, 5) is 0. The van der Waals surface area contributed by atoms with E-state index in [0.29, 0.717) is 10.8 Å². The van der Waals surface area contributed by atoms with E-state index in [4.69, 9.17) is 0 Å². The highest BCUT2D eigenvalue weighted by molar-refractivity contribution is 14.1. The largest absolute Gasteiger partial charge is 0.393 e. The van der Waals surface area contributed by atoms with E-state index < -0.39 is 0 Å². The smallest absolute Gasteiger partial charge is 0.0543 e. The normalized spacial score (nSPS) is 54.1. The van der Waals surface area contributed by atoms with Gasteiger partial charge in [0.25, 0.3) is 0 Å². The van der Waals surface area contributed by atoms with Gasteiger partial charge in [-0.25, -0.2) is 0 Å². The molecule has 0 aromatic rings. The van der Waals surface area contributed by atoms with Crippen LogP contribution in [0.25, 0.3) is 0 Å². The minimum atomic E-state index is -0.00736. The fourth-order valence-corrected chi connectivity index (χ4v) is 9.13. The van der Waals surface area contributed by atoms with Crippen LogP contribution >= 0.6 is 22.6 Å². The molecule has 1 N–H and O–H groups in total. The molecule has 4 fully saturated rings. The van der Waals surface area contributed by atoms with Gasteiger partial charge in [-0.15, -0.1) is 0 Å². The van der Waals surface area contributed by atoms with Gasteiger partial charge < -0.3 is 5.11 Å². The highest BCUT2D eigenvalue weighted by Crippen LogP contribution is 2.67. The summed E-state index contributed by atoms with van der Waals surface area (Å²) in [7, 11) is 0. The summed E-state index contributed by atoms with van der Waals surface area (Å²) < 4.78 is 1.33. The van der Waals surface area contributed by atoms with E-state index in [9.17, 15) is 5.11 Å². The monoisotopic (exact) mass is 458 g/mol. The Morgan fingerprint density at radius 2 is 1.68 bits per heavy atom. The van der Waals surface area contributed by atoms with Crippen LogP contribution in [0, 0.1) is 46.3 Å². The zero-order valence-corrected chi connectivity index (χ0v) is 18.8. The number of alkyl halides is 1. The second-order valence-corrected chi connectivity index (χ2v) is 11.7. The molecule has 0 heterocycles. The molecule has 1 nitrogen and oxygen atoms in total. The molecule has 0 unspecified atom stereocenters. The van der Waals surface area contributed by atoms with Gasteiger partial charge in [-0.05, 0) is 104 Å². The van der Waals surface area contributed by atoms with E-state index in [0.717, 1.165) is 48.3 Å². The van der Waals surface area contributed by atoms with Gasteiger partial charge in [0.05, 0.1) is 6.10 Å². The van der Waals surface area contributed by atoms with Crippen molar-refractivity contribution in [2.24, 2.45) is 46.3 Å². The third-order valence-corrected chi connectivity index (χ3v) is 11.3. The Kier molecular flexibility index (Phi) is 5.28. The Labute approximate surface area is 169 Å². The average molecular weight is 458 g/mol. The lowest BCUT2D eigenvalue weighted by molar-refractivity contribution is -0.155. The van der Waals surface area contributed by atoms with Crippen LogP contribution in [0.4, 0.5) is 0 Å². The zero-order chi connectivity index (χ0) is 17.8. The molecular weight excluding hydrogens is 419 g/mol. The molecule has 9 atom stereocenters. The van der Waals surface area contributed by atoms with Crippen molar-refractivity contribution in [1.82, 2.24) is 0 Å². The van der Waals surface area contributed by atoms with Gasteiger partial charge in [-0.2, -0.15) is 0 Å². The van der Waals surface area contributed by atoms with Crippen LogP contribution in [0.2, 0.25) is 0 Å². The van der Waals surface area contributed by atoms with Crippen molar-refractivity contribution in [3.63, 3.8) is 0 Å². The van der Waals surface area contributed by atoms with Gasteiger partial charge in [0.15, 0.2) is 0 Å². The zero-order valence-electron chi connectivity index (χ0n) is 16.6. The third-order valence-electron chi connectivity index (χ3n) is 9.88. The van der Waals surface area contributed by atoms with Crippen molar-refractivity contribution >= 4 is 22.6 Å². The fourth-order valence-electron chi connectivity index (χ4n) is 8.52. The predicted molar refractivity (Wildman–Crippen MR) is 114 cm³/mol. The molecule has 4 aliphatic carbocycles. The summed E-state index contributed by atoms with van der Waals surface area (Å²) in [5.74, 6) is 5.57. The maximum Gasteiger partial charge on any atom is 0.0543 e. The summed E-state index contributed by atoms with van der Waals surface area (Å²) >= 11 is 2.63. The first-order valence-electron chi connectivity index (χ1n) is 11.1. The first-order valence-corrected chi connectivity index (χ1v) is 12.7. The molecule has 2 heteroatoms. The molecule has 4 saturated carbocycles. The lowest BCUT2D eigenvalue weighted by Gasteiger charge is -2.64. The summed E-state index contributed by atoms with van der Waals surface area (Å²) in [6.45, 7) is 7.84. The first-order chi connectivity index (χ1) is 11.9. The lowest BCUT2D eigenvalue weighted by Crippen LogP contribution is -2.57. The number of hydrogen-bond acceptors (Lipinski definition) is 1. The van der Waals surface area contributed by atoms with Crippen LogP contribution in [0.3, 0.4) is 0 Å². The molecule has 0 radical (unpaired) electrons. The Balaban J connectivity index is 1.60. The molecule has 0 aromatic heterocycles. The standard InChI is InChI=1S/C23H39IO/c1-15(14-24)19-5-4-6-20-18-8-7-16-13-17(25)9-11-22(16,2)21(18)10-12-23(19,20)3/h15-21,25H,4-14H2,1-3H3/t15-,16+,17+,18+,19-,20+,21+,22+,23-/m1/s1. The summed E-state index contributed by atoms with van der Waals surface area (Å²) in [6, 6.07) is 0. The maximum absolute atomic E-state index is 10.2. The van der Waals surface area contributed by atoms with E-state index >= 15 is 0 Å². The SMILES string of the molecule is C[C@H](CI)[C@H]1CCC[C@H]2[C@@H]3CC[C@H]4C[C@@H](O)CC[C@]4(C)[C@H]3CC[C@]12C. The Hall–Kier alpha value is 0.690. The van der Waals surface area contributed by atoms with Crippen molar-refractivity contribution in [2.45, 2.75) is 91.1 Å². The average Bonchev–Trinajstić information content (AvgIpc) is 2.60. The molecule has 0 saturated heterocycles. The Morgan fingerprint density at radius 1 is 0.960 bits per heavy atom. The van der Waals surface area contributed by atoms with Crippen LogP contribution in [-0.2, 0) is 0 Å². The second kappa shape index (κ2) is 6.94. The van der Waals surface area contributed by atoms with Gasteiger partial charge >= 0.3 is 0 Å². The van der Waals surface area contributed by atoms with Crippen LogP contribution in [0.5, 0.6) is 0 Å². The van der Waals surface area contributed by atoms with Gasteiger partial charge in [-0.1, -0.05) is 49.8 Å². The van der Waals surface area contributed by atoms with Crippen molar-refractivity contribution in [1.29, 1.82) is 0 Å². The number of halogens is 1. The number of aliphatic hydroxyl groups excluding tert-OH is 1. The molecule has 0 spiro atoms. The molecule has 0 aromatic carbocycles.